The second-order valence-electron chi connectivity index (χ2n) is 4.05. The van der Waals surface area contributed by atoms with Gasteiger partial charge in [0.1, 0.15) is 5.75 Å². The summed E-state index contributed by atoms with van der Waals surface area (Å²) >= 11 is 0. The van der Waals surface area contributed by atoms with Crippen LogP contribution in [0.3, 0.4) is 0 Å². The maximum atomic E-state index is 9.32. The Morgan fingerprint density at radius 2 is 2.18 bits per heavy atom. The Balaban J connectivity index is 2.93. The molecule has 1 unspecified atom stereocenters. The average molecular weight is 234 g/mol. The van der Waals surface area contributed by atoms with Gasteiger partial charge in [0, 0.05) is 11.9 Å². The van der Waals surface area contributed by atoms with Crippen LogP contribution in [0.15, 0.2) is 30.9 Å². The zero-order chi connectivity index (χ0) is 12.8. The van der Waals surface area contributed by atoms with Gasteiger partial charge in [0.2, 0.25) is 0 Å². The molecule has 0 saturated heterocycles. The summed E-state index contributed by atoms with van der Waals surface area (Å²) in [7, 11) is -1.51. The van der Waals surface area contributed by atoms with E-state index in [0.29, 0.717) is 11.2 Å². The molecule has 0 aromatic heterocycles. The van der Waals surface area contributed by atoms with E-state index in [1.807, 2.05) is 19.9 Å². The summed E-state index contributed by atoms with van der Waals surface area (Å²) in [4.78, 5) is 0. The van der Waals surface area contributed by atoms with Gasteiger partial charge >= 0.3 is 7.12 Å². The van der Waals surface area contributed by atoms with Crippen LogP contribution in [0.2, 0.25) is 0 Å². The number of hydrogen-bond acceptors (Lipinski definition) is 3. The zero-order valence-corrected chi connectivity index (χ0v) is 10.4. The van der Waals surface area contributed by atoms with Gasteiger partial charge in [-0.1, -0.05) is 25.1 Å². The van der Waals surface area contributed by atoms with Crippen LogP contribution in [0, 0.1) is 0 Å². The van der Waals surface area contributed by atoms with Crippen molar-refractivity contribution in [3.63, 3.8) is 0 Å². The third-order valence-electron chi connectivity index (χ3n) is 2.59. The van der Waals surface area contributed by atoms with Crippen LogP contribution in [0.25, 0.3) is 0 Å². The first-order valence-electron chi connectivity index (χ1n) is 5.85. The van der Waals surface area contributed by atoms with Crippen LogP contribution in [0.1, 0.15) is 25.8 Å². The predicted molar refractivity (Wildman–Crippen MR) is 70.5 cm³/mol. The van der Waals surface area contributed by atoms with Crippen molar-refractivity contribution in [1.82, 2.24) is 0 Å². The Labute approximate surface area is 103 Å². The van der Waals surface area contributed by atoms with Crippen LogP contribution < -0.4 is 10.2 Å². The number of ether oxygens (including phenoxy) is 1. The molecule has 1 aromatic rings. The molecule has 92 valence electrons. The SMILES string of the molecule is C=CCC(C)Oc1ccc(CC)cc1B(O)O. The molecule has 0 aliphatic heterocycles. The van der Waals surface area contributed by atoms with Gasteiger partial charge in [-0.2, -0.15) is 0 Å². The summed E-state index contributed by atoms with van der Waals surface area (Å²) < 4.78 is 5.66. The van der Waals surface area contributed by atoms with Gasteiger partial charge in [-0.3, -0.25) is 0 Å². The third kappa shape index (κ3) is 3.91. The first kappa shape index (κ1) is 13.8. The van der Waals surface area contributed by atoms with Crippen LogP contribution in [-0.4, -0.2) is 23.3 Å². The Kier molecular flexibility index (Phi) is 5.26. The lowest BCUT2D eigenvalue weighted by atomic mass is 9.78. The first-order chi connectivity index (χ1) is 8.08. The zero-order valence-electron chi connectivity index (χ0n) is 10.4. The molecule has 0 aliphatic carbocycles. The molecule has 0 heterocycles. The van der Waals surface area contributed by atoms with Gasteiger partial charge in [0.25, 0.3) is 0 Å². The van der Waals surface area contributed by atoms with Crippen molar-refractivity contribution < 1.29 is 14.8 Å². The fourth-order valence-electron chi connectivity index (χ4n) is 1.63. The largest absolute Gasteiger partial charge is 0.492 e. The maximum absolute atomic E-state index is 9.32. The molecule has 3 nitrogen and oxygen atoms in total. The summed E-state index contributed by atoms with van der Waals surface area (Å²) in [5.74, 6) is 0.520. The molecule has 0 aliphatic rings. The number of aryl methyl sites for hydroxylation is 1. The van der Waals surface area contributed by atoms with Gasteiger partial charge in [-0.05, 0) is 25.0 Å². The van der Waals surface area contributed by atoms with Gasteiger partial charge in [-0.25, -0.2) is 0 Å². The number of rotatable bonds is 6. The number of benzene rings is 1. The quantitative estimate of drug-likeness (QED) is 0.575. The first-order valence-corrected chi connectivity index (χ1v) is 5.85. The topological polar surface area (TPSA) is 49.7 Å². The van der Waals surface area contributed by atoms with E-state index in [-0.39, 0.29) is 6.10 Å². The Hall–Kier alpha value is -1.26. The van der Waals surface area contributed by atoms with Crippen molar-refractivity contribution in [2.75, 3.05) is 0 Å². The highest BCUT2D eigenvalue weighted by Gasteiger charge is 2.18. The molecule has 1 aromatic carbocycles. The van der Waals surface area contributed by atoms with E-state index in [9.17, 15) is 10.0 Å². The summed E-state index contributed by atoms with van der Waals surface area (Å²) in [5, 5.41) is 18.6. The molecule has 0 radical (unpaired) electrons. The highest BCUT2D eigenvalue weighted by Crippen LogP contribution is 2.14. The number of hydrogen-bond donors (Lipinski definition) is 2. The fraction of sp³-hybridized carbons (Fsp3) is 0.385. The monoisotopic (exact) mass is 234 g/mol. The van der Waals surface area contributed by atoms with Crippen LogP contribution in [-0.2, 0) is 6.42 Å². The highest BCUT2D eigenvalue weighted by atomic mass is 16.5. The molecule has 2 N–H and O–H groups in total. The Bertz CT molecular complexity index is 377. The predicted octanol–water partition coefficient (Wildman–Crippen LogP) is 1.27. The van der Waals surface area contributed by atoms with E-state index in [1.54, 1.807) is 18.2 Å². The van der Waals surface area contributed by atoms with Gasteiger partial charge in [0.15, 0.2) is 0 Å². The molecule has 0 spiro atoms. The summed E-state index contributed by atoms with van der Waals surface area (Å²) in [6, 6.07) is 5.48. The average Bonchev–Trinajstić information content (AvgIpc) is 2.29. The molecular weight excluding hydrogens is 215 g/mol. The molecule has 0 bridgehead atoms. The summed E-state index contributed by atoms with van der Waals surface area (Å²) in [6.45, 7) is 7.59. The smallest absolute Gasteiger partial charge is 0.491 e. The van der Waals surface area contributed by atoms with Gasteiger partial charge in [-0.15, -0.1) is 6.58 Å². The second kappa shape index (κ2) is 6.47. The van der Waals surface area contributed by atoms with Crippen LogP contribution >= 0.6 is 0 Å². The van der Waals surface area contributed by atoms with E-state index in [0.717, 1.165) is 18.4 Å². The van der Waals surface area contributed by atoms with E-state index < -0.39 is 7.12 Å². The summed E-state index contributed by atoms with van der Waals surface area (Å²) in [5.41, 5.74) is 1.47. The van der Waals surface area contributed by atoms with E-state index >= 15 is 0 Å². The van der Waals surface area contributed by atoms with Crippen molar-refractivity contribution in [2.45, 2.75) is 32.8 Å². The van der Waals surface area contributed by atoms with Crippen molar-refractivity contribution in [1.29, 1.82) is 0 Å². The molecule has 1 rings (SSSR count). The fourth-order valence-corrected chi connectivity index (χ4v) is 1.63. The van der Waals surface area contributed by atoms with Crippen molar-refractivity contribution in [2.24, 2.45) is 0 Å². The molecule has 4 heteroatoms. The Morgan fingerprint density at radius 1 is 1.47 bits per heavy atom. The molecule has 0 amide bonds. The lowest BCUT2D eigenvalue weighted by Gasteiger charge is -2.17. The van der Waals surface area contributed by atoms with E-state index in [4.69, 9.17) is 4.74 Å². The van der Waals surface area contributed by atoms with Crippen molar-refractivity contribution >= 4 is 12.6 Å². The highest BCUT2D eigenvalue weighted by molar-refractivity contribution is 6.59. The van der Waals surface area contributed by atoms with E-state index in [2.05, 4.69) is 6.58 Å². The molecule has 1 atom stereocenters. The molecule has 0 fully saturated rings. The van der Waals surface area contributed by atoms with Crippen molar-refractivity contribution in [3.05, 3.63) is 36.4 Å². The minimum absolute atomic E-state index is 0.0301. The van der Waals surface area contributed by atoms with Crippen LogP contribution in [0.5, 0.6) is 5.75 Å². The normalized spacial score (nSPS) is 12.0. The lowest BCUT2D eigenvalue weighted by molar-refractivity contribution is 0.226. The third-order valence-corrected chi connectivity index (χ3v) is 2.59. The lowest BCUT2D eigenvalue weighted by Crippen LogP contribution is -2.33. The molecular formula is C13H19BO3. The van der Waals surface area contributed by atoms with Crippen LogP contribution in [0.4, 0.5) is 0 Å². The standard InChI is InChI=1S/C13H19BO3/c1-4-6-10(3)17-13-8-7-11(5-2)9-12(13)14(15)16/h4,7-10,15-16H,1,5-6H2,2-3H3. The minimum atomic E-state index is -1.51. The second-order valence-corrected chi connectivity index (χ2v) is 4.05. The van der Waals surface area contributed by atoms with Gasteiger partial charge in [0.05, 0.1) is 6.10 Å². The molecule has 17 heavy (non-hydrogen) atoms. The Morgan fingerprint density at radius 3 is 2.71 bits per heavy atom. The maximum Gasteiger partial charge on any atom is 0.492 e. The summed E-state index contributed by atoms with van der Waals surface area (Å²) in [6.07, 6.45) is 3.32. The van der Waals surface area contributed by atoms with Crippen molar-refractivity contribution in [3.8, 4) is 5.75 Å². The minimum Gasteiger partial charge on any atom is -0.491 e. The molecule has 0 saturated carbocycles. The van der Waals surface area contributed by atoms with Gasteiger partial charge < -0.3 is 14.8 Å². The van der Waals surface area contributed by atoms with E-state index in [1.165, 1.54) is 0 Å².